The highest BCUT2D eigenvalue weighted by Crippen LogP contribution is 2.00. The molecule has 1 radical (unpaired) electrons. The van der Waals surface area contributed by atoms with E-state index in [0.717, 1.165) is 5.56 Å². The average Bonchev–Trinajstić information content (AvgIpc) is 2.38. The first-order chi connectivity index (χ1) is 7.86. The third-order valence-corrected chi connectivity index (χ3v) is 2.25. The SMILES string of the molecule is O=C(NCc1ccccc1)c1[c]cccc1. The monoisotopic (exact) mass is 210 g/mol. The second-order valence-corrected chi connectivity index (χ2v) is 3.44. The average molecular weight is 210 g/mol. The van der Waals surface area contributed by atoms with Crippen LogP contribution < -0.4 is 5.32 Å². The molecule has 0 saturated heterocycles. The van der Waals surface area contributed by atoms with E-state index in [9.17, 15) is 4.79 Å². The van der Waals surface area contributed by atoms with Crippen LogP contribution in [-0.2, 0) is 6.54 Å². The summed E-state index contributed by atoms with van der Waals surface area (Å²) in [5, 5.41) is 2.85. The maximum Gasteiger partial charge on any atom is 0.252 e. The number of carbonyl (C=O) groups is 1. The van der Waals surface area contributed by atoms with E-state index in [1.807, 2.05) is 42.5 Å². The number of amides is 1. The quantitative estimate of drug-likeness (QED) is 0.828. The smallest absolute Gasteiger partial charge is 0.252 e. The molecule has 0 fully saturated rings. The molecule has 0 aliphatic carbocycles. The van der Waals surface area contributed by atoms with E-state index in [4.69, 9.17) is 0 Å². The van der Waals surface area contributed by atoms with Crippen LogP contribution in [0.2, 0.25) is 0 Å². The molecule has 0 heterocycles. The van der Waals surface area contributed by atoms with Crippen molar-refractivity contribution in [3.8, 4) is 0 Å². The van der Waals surface area contributed by atoms with Gasteiger partial charge in [-0.1, -0.05) is 48.5 Å². The highest BCUT2D eigenvalue weighted by Gasteiger charge is 2.03. The lowest BCUT2D eigenvalue weighted by atomic mass is 10.2. The van der Waals surface area contributed by atoms with E-state index in [0.29, 0.717) is 12.1 Å². The van der Waals surface area contributed by atoms with Crippen molar-refractivity contribution in [2.75, 3.05) is 0 Å². The van der Waals surface area contributed by atoms with Crippen molar-refractivity contribution in [2.24, 2.45) is 0 Å². The van der Waals surface area contributed by atoms with E-state index in [1.165, 1.54) is 0 Å². The Morgan fingerprint density at radius 1 is 1.06 bits per heavy atom. The Bertz CT molecular complexity index is 451. The molecule has 0 aromatic heterocycles. The predicted molar refractivity (Wildman–Crippen MR) is 62.9 cm³/mol. The van der Waals surface area contributed by atoms with Gasteiger partial charge < -0.3 is 5.32 Å². The highest BCUT2D eigenvalue weighted by molar-refractivity contribution is 5.93. The number of hydrogen-bond donors (Lipinski definition) is 1. The number of nitrogens with one attached hydrogen (secondary N) is 1. The van der Waals surface area contributed by atoms with Crippen molar-refractivity contribution < 1.29 is 4.79 Å². The molecular formula is C14H12NO. The first-order valence-corrected chi connectivity index (χ1v) is 5.15. The molecule has 16 heavy (non-hydrogen) atoms. The van der Waals surface area contributed by atoms with Gasteiger partial charge in [0.1, 0.15) is 0 Å². The van der Waals surface area contributed by atoms with Crippen LogP contribution in [0.1, 0.15) is 15.9 Å². The molecule has 1 N–H and O–H groups in total. The van der Waals surface area contributed by atoms with Crippen molar-refractivity contribution in [1.29, 1.82) is 0 Å². The van der Waals surface area contributed by atoms with Gasteiger partial charge in [0.15, 0.2) is 0 Å². The summed E-state index contributed by atoms with van der Waals surface area (Å²) in [4.78, 5) is 11.7. The molecule has 2 aromatic rings. The molecule has 0 bridgehead atoms. The van der Waals surface area contributed by atoms with E-state index < -0.39 is 0 Å². The second kappa shape index (κ2) is 5.12. The Kier molecular flexibility index (Phi) is 3.34. The van der Waals surface area contributed by atoms with Crippen molar-refractivity contribution in [2.45, 2.75) is 6.54 Å². The third kappa shape index (κ3) is 2.70. The lowest BCUT2D eigenvalue weighted by molar-refractivity contribution is 0.0950. The molecule has 0 atom stereocenters. The van der Waals surface area contributed by atoms with Crippen LogP contribution in [-0.4, -0.2) is 5.91 Å². The fourth-order valence-corrected chi connectivity index (χ4v) is 1.41. The molecule has 0 spiro atoms. The molecule has 0 aliphatic heterocycles. The number of rotatable bonds is 3. The molecule has 0 unspecified atom stereocenters. The fourth-order valence-electron chi connectivity index (χ4n) is 1.41. The summed E-state index contributed by atoms with van der Waals surface area (Å²) in [6, 6.07) is 19.9. The Hall–Kier alpha value is -2.09. The lowest BCUT2D eigenvalue weighted by Gasteiger charge is -2.04. The van der Waals surface area contributed by atoms with Gasteiger partial charge in [0, 0.05) is 12.1 Å². The number of hydrogen-bond acceptors (Lipinski definition) is 1. The van der Waals surface area contributed by atoms with Crippen LogP contribution in [0, 0.1) is 6.07 Å². The largest absolute Gasteiger partial charge is 0.348 e. The normalized spacial score (nSPS) is 9.75. The molecular weight excluding hydrogens is 198 g/mol. The molecule has 2 nitrogen and oxygen atoms in total. The Morgan fingerprint density at radius 2 is 1.81 bits per heavy atom. The van der Waals surface area contributed by atoms with Gasteiger partial charge in [0.05, 0.1) is 0 Å². The lowest BCUT2D eigenvalue weighted by Crippen LogP contribution is -2.22. The molecule has 2 aromatic carbocycles. The van der Waals surface area contributed by atoms with Gasteiger partial charge in [-0.3, -0.25) is 4.79 Å². The minimum atomic E-state index is -0.0931. The number of benzene rings is 2. The molecule has 2 heteroatoms. The molecule has 1 amide bonds. The number of carbonyl (C=O) groups excluding carboxylic acids is 1. The topological polar surface area (TPSA) is 29.1 Å². The van der Waals surface area contributed by atoms with Crippen LogP contribution in [0.15, 0.2) is 54.6 Å². The van der Waals surface area contributed by atoms with E-state index in [1.54, 1.807) is 12.1 Å². The van der Waals surface area contributed by atoms with Crippen molar-refractivity contribution in [3.05, 3.63) is 71.8 Å². The van der Waals surface area contributed by atoms with Crippen LogP contribution in [0.4, 0.5) is 0 Å². The Balaban J connectivity index is 1.95. The van der Waals surface area contributed by atoms with E-state index in [-0.39, 0.29) is 5.91 Å². The summed E-state index contributed by atoms with van der Waals surface area (Å²) in [6.07, 6.45) is 0. The van der Waals surface area contributed by atoms with Crippen LogP contribution in [0.5, 0.6) is 0 Å². The van der Waals surface area contributed by atoms with Gasteiger partial charge >= 0.3 is 0 Å². The summed E-state index contributed by atoms with van der Waals surface area (Å²) in [5.41, 5.74) is 1.66. The second-order valence-electron chi connectivity index (χ2n) is 3.44. The van der Waals surface area contributed by atoms with Crippen molar-refractivity contribution in [1.82, 2.24) is 5.32 Å². The fraction of sp³-hybridized carbons (Fsp3) is 0.0714. The zero-order valence-electron chi connectivity index (χ0n) is 8.81. The molecule has 79 valence electrons. The van der Waals surface area contributed by atoms with Gasteiger partial charge in [0.25, 0.3) is 5.91 Å². The first-order valence-electron chi connectivity index (χ1n) is 5.15. The van der Waals surface area contributed by atoms with Crippen molar-refractivity contribution >= 4 is 5.91 Å². The minimum absolute atomic E-state index is 0.0931. The van der Waals surface area contributed by atoms with Crippen LogP contribution in [0.25, 0.3) is 0 Å². The zero-order valence-corrected chi connectivity index (χ0v) is 8.81. The molecule has 0 aliphatic rings. The van der Waals surface area contributed by atoms with Gasteiger partial charge in [0.2, 0.25) is 0 Å². The summed E-state index contributed by atoms with van der Waals surface area (Å²) in [6.45, 7) is 0.544. The van der Waals surface area contributed by atoms with Gasteiger partial charge in [-0.05, 0) is 17.7 Å². The van der Waals surface area contributed by atoms with Crippen molar-refractivity contribution in [3.63, 3.8) is 0 Å². The van der Waals surface area contributed by atoms with Crippen LogP contribution in [0.3, 0.4) is 0 Å². The standard InChI is InChI=1S/C14H12NO/c16-14(13-9-5-2-6-10-13)15-11-12-7-3-1-4-8-12/h1-9H,11H2,(H,15,16). The van der Waals surface area contributed by atoms with Gasteiger partial charge in [-0.15, -0.1) is 0 Å². The maximum atomic E-state index is 11.7. The third-order valence-electron chi connectivity index (χ3n) is 2.25. The minimum Gasteiger partial charge on any atom is -0.348 e. The molecule has 0 saturated carbocycles. The summed E-state index contributed by atoms with van der Waals surface area (Å²) in [7, 11) is 0. The Labute approximate surface area is 94.9 Å². The van der Waals surface area contributed by atoms with E-state index >= 15 is 0 Å². The Morgan fingerprint density at radius 3 is 2.50 bits per heavy atom. The first kappa shape index (κ1) is 10.4. The summed E-state index contributed by atoms with van der Waals surface area (Å²) < 4.78 is 0. The maximum absolute atomic E-state index is 11.7. The zero-order chi connectivity index (χ0) is 11.2. The van der Waals surface area contributed by atoms with Gasteiger partial charge in [-0.25, -0.2) is 0 Å². The summed E-state index contributed by atoms with van der Waals surface area (Å²) in [5.74, 6) is -0.0931. The van der Waals surface area contributed by atoms with Crippen LogP contribution >= 0.6 is 0 Å². The highest BCUT2D eigenvalue weighted by atomic mass is 16.1. The predicted octanol–water partition coefficient (Wildman–Crippen LogP) is 2.42. The van der Waals surface area contributed by atoms with Gasteiger partial charge in [-0.2, -0.15) is 0 Å². The summed E-state index contributed by atoms with van der Waals surface area (Å²) >= 11 is 0. The molecule has 2 rings (SSSR count). The van der Waals surface area contributed by atoms with E-state index in [2.05, 4.69) is 11.4 Å².